The third-order valence-electron chi connectivity index (χ3n) is 4.99. The number of carbonyl (C=O) groups excluding carboxylic acids is 2. The van der Waals surface area contributed by atoms with Crippen LogP contribution in [0.3, 0.4) is 0 Å². The summed E-state index contributed by atoms with van der Waals surface area (Å²) in [5, 5.41) is 3.06. The summed E-state index contributed by atoms with van der Waals surface area (Å²) in [4.78, 5) is 24.7. The van der Waals surface area contributed by atoms with E-state index in [4.69, 9.17) is 9.47 Å². The molecule has 2 rings (SSSR count). The Morgan fingerprint density at radius 2 is 1.57 bits per heavy atom. The SMILES string of the molecule is CCCCCOC(=O)[C@H](C)Oc1ccc(C(=O)Nc2c(CC)cccc2CC)cc1. The number of hydrogen-bond donors (Lipinski definition) is 1. The van der Waals surface area contributed by atoms with Gasteiger partial charge in [0.05, 0.1) is 6.61 Å². The van der Waals surface area contributed by atoms with Crippen molar-refractivity contribution in [3.8, 4) is 5.75 Å². The Kier molecular flexibility index (Phi) is 9.39. The van der Waals surface area contributed by atoms with Crippen LogP contribution in [0.5, 0.6) is 5.75 Å². The second-order valence-corrected chi connectivity index (χ2v) is 7.27. The summed E-state index contributed by atoms with van der Waals surface area (Å²) >= 11 is 0. The van der Waals surface area contributed by atoms with E-state index in [0.29, 0.717) is 17.9 Å². The van der Waals surface area contributed by atoms with E-state index in [2.05, 4.69) is 26.1 Å². The number of nitrogens with one attached hydrogen (secondary N) is 1. The molecule has 30 heavy (non-hydrogen) atoms. The number of ether oxygens (including phenoxy) is 2. The zero-order valence-corrected chi connectivity index (χ0v) is 18.5. The summed E-state index contributed by atoms with van der Waals surface area (Å²) in [7, 11) is 0. The summed E-state index contributed by atoms with van der Waals surface area (Å²) in [6, 6.07) is 12.9. The molecule has 0 aliphatic carbocycles. The number of hydrogen-bond acceptors (Lipinski definition) is 4. The Balaban J connectivity index is 1.97. The van der Waals surface area contributed by atoms with Crippen LogP contribution in [0.4, 0.5) is 5.69 Å². The van der Waals surface area contributed by atoms with Gasteiger partial charge in [0.1, 0.15) is 5.75 Å². The van der Waals surface area contributed by atoms with Gasteiger partial charge in [0, 0.05) is 11.3 Å². The Morgan fingerprint density at radius 3 is 2.13 bits per heavy atom. The molecule has 0 saturated heterocycles. The number of benzene rings is 2. The van der Waals surface area contributed by atoms with Crippen LogP contribution in [0.15, 0.2) is 42.5 Å². The molecule has 2 aromatic rings. The van der Waals surface area contributed by atoms with Crippen LogP contribution in [0.1, 0.15) is 68.4 Å². The van der Waals surface area contributed by atoms with E-state index in [9.17, 15) is 9.59 Å². The van der Waals surface area contributed by atoms with Crippen molar-refractivity contribution < 1.29 is 19.1 Å². The second-order valence-electron chi connectivity index (χ2n) is 7.27. The molecule has 1 N–H and O–H groups in total. The first-order valence-corrected chi connectivity index (χ1v) is 10.9. The molecule has 0 unspecified atom stereocenters. The number of anilines is 1. The van der Waals surface area contributed by atoms with Gasteiger partial charge in [-0.05, 0) is 61.6 Å². The summed E-state index contributed by atoms with van der Waals surface area (Å²) in [5.74, 6) is -0.0236. The monoisotopic (exact) mass is 411 g/mol. The highest BCUT2D eigenvalue weighted by Crippen LogP contribution is 2.24. The molecule has 0 aliphatic rings. The molecule has 0 aromatic heterocycles. The third kappa shape index (κ3) is 6.61. The number of unbranched alkanes of at least 4 members (excludes halogenated alkanes) is 2. The molecule has 0 spiro atoms. The largest absolute Gasteiger partial charge is 0.479 e. The van der Waals surface area contributed by atoms with Crippen molar-refractivity contribution in [1.29, 1.82) is 0 Å². The van der Waals surface area contributed by atoms with Gasteiger partial charge in [0.25, 0.3) is 5.91 Å². The van der Waals surface area contributed by atoms with Gasteiger partial charge in [-0.25, -0.2) is 4.79 Å². The molecule has 1 amide bonds. The lowest BCUT2D eigenvalue weighted by atomic mass is 10.0. The highest BCUT2D eigenvalue weighted by atomic mass is 16.6. The van der Waals surface area contributed by atoms with Gasteiger partial charge in [-0.2, -0.15) is 0 Å². The van der Waals surface area contributed by atoms with Crippen LogP contribution < -0.4 is 10.1 Å². The topological polar surface area (TPSA) is 64.6 Å². The van der Waals surface area contributed by atoms with Crippen molar-refractivity contribution >= 4 is 17.6 Å². The van der Waals surface area contributed by atoms with Gasteiger partial charge in [-0.1, -0.05) is 51.8 Å². The Bertz CT molecular complexity index is 807. The van der Waals surface area contributed by atoms with E-state index >= 15 is 0 Å². The number of aryl methyl sites for hydroxylation is 2. The predicted octanol–water partition coefficient (Wildman–Crippen LogP) is 5.56. The fourth-order valence-corrected chi connectivity index (χ4v) is 3.17. The van der Waals surface area contributed by atoms with Crippen LogP contribution in [0.25, 0.3) is 0 Å². The first kappa shape index (κ1) is 23.5. The third-order valence-corrected chi connectivity index (χ3v) is 4.99. The quantitative estimate of drug-likeness (QED) is 0.388. The van der Waals surface area contributed by atoms with E-state index in [1.165, 1.54) is 0 Å². The average Bonchev–Trinajstić information content (AvgIpc) is 2.77. The minimum atomic E-state index is -0.699. The molecular weight excluding hydrogens is 378 g/mol. The van der Waals surface area contributed by atoms with Gasteiger partial charge in [-0.15, -0.1) is 0 Å². The Morgan fingerprint density at radius 1 is 0.933 bits per heavy atom. The maximum atomic E-state index is 12.7. The molecule has 0 heterocycles. The number of rotatable bonds is 11. The molecule has 0 fully saturated rings. The van der Waals surface area contributed by atoms with E-state index in [0.717, 1.165) is 48.9 Å². The number of para-hydroxylation sites is 1. The zero-order valence-electron chi connectivity index (χ0n) is 18.5. The second kappa shape index (κ2) is 12.0. The summed E-state index contributed by atoms with van der Waals surface area (Å²) in [6.45, 7) is 8.33. The molecule has 5 heteroatoms. The van der Waals surface area contributed by atoms with Crippen molar-refractivity contribution in [2.45, 2.75) is 65.9 Å². The average molecular weight is 412 g/mol. The van der Waals surface area contributed by atoms with Gasteiger partial charge < -0.3 is 14.8 Å². The van der Waals surface area contributed by atoms with Crippen LogP contribution >= 0.6 is 0 Å². The standard InChI is InChI=1S/C25H33NO4/c1-5-8-9-17-29-25(28)18(4)30-22-15-13-21(14-16-22)24(27)26-23-19(6-2)11-10-12-20(23)7-3/h10-16,18H,5-9,17H2,1-4H3,(H,26,27)/t18-/m0/s1. The molecule has 0 bridgehead atoms. The Labute approximate surface area is 179 Å². The van der Waals surface area contributed by atoms with Crippen molar-refractivity contribution in [3.05, 3.63) is 59.2 Å². The lowest BCUT2D eigenvalue weighted by Gasteiger charge is -2.15. The number of amides is 1. The fraction of sp³-hybridized carbons (Fsp3) is 0.440. The minimum absolute atomic E-state index is 0.166. The molecule has 2 aromatic carbocycles. The smallest absolute Gasteiger partial charge is 0.347 e. The van der Waals surface area contributed by atoms with Gasteiger partial charge >= 0.3 is 5.97 Å². The molecule has 162 valence electrons. The van der Waals surface area contributed by atoms with Crippen molar-refractivity contribution in [3.63, 3.8) is 0 Å². The summed E-state index contributed by atoms with van der Waals surface area (Å²) < 4.78 is 10.9. The number of esters is 1. The van der Waals surface area contributed by atoms with Crippen LogP contribution in [0.2, 0.25) is 0 Å². The first-order valence-electron chi connectivity index (χ1n) is 10.9. The van der Waals surface area contributed by atoms with Crippen molar-refractivity contribution in [2.75, 3.05) is 11.9 Å². The minimum Gasteiger partial charge on any atom is -0.479 e. The highest BCUT2D eigenvalue weighted by Gasteiger charge is 2.17. The molecule has 1 atom stereocenters. The van der Waals surface area contributed by atoms with Crippen LogP contribution in [-0.4, -0.2) is 24.6 Å². The fourth-order valence-electron chi connectivity index (χ4n) is 3.17. The van der Waals surface area contributed by atoms with E-state index in [1.54, 1.807) is 31.2 Å². The zero-order chi connectivity index (χ0) is 21.9. The lowest BCUT2D eigenvalue weighted by molar-refractivity contribution is -0.151. The Hall–Kier alpha value is -2.82. The van der Waals surface area contributed by atoms with Gasteiger partial charge in [-0.3, -0.25) is 4.79 Å². The van der Waals surface area contributed by atoms with Crippen LogP contribution in [0, 0.1) is 0 Å². The molecule has 0 aliphatic heterocycles. The molecule has 0 saturated carbocycles. The summed E-state index contributed by atoms with van der Waals surface area (Å²) in [6.07, 6.45) is 3.97. The molecular formula is C25H33NO4. The predicted molar refractivity (Wildman–Crippen MR) is 120 cm³/mol. The van der Waals surface area contributed by atoms with E-state index < -0.39 is 6.10 Å². The maximum absolute atomic E-state index is 12.7. The summed E-state index contributed by atoms with van der Waals surface area (Å²) in [5.41, 5.74) is 3.67. The first-order chi connectivity index (χ1) is 14.5. The highest BCUT2D eigenvalue weighted by molar-refractivity contribution is 6.05. The van der Waals surface area contributed by atoms with E-state index in [-0.39, 0.29) is 11.9 Å². The van der Waals surface area contributed by atoms with Crippen molar-refractivity contribution in [1.82, 2.24) is 0 Å². The van der Waals surface area contributed by atoms with Gasteiger partial charge in [0.2, 0.25) is 0 Å². The number of carbonyl (C=O) groups is 2. The van der Waals surface area contributed by atoms with Gasteiger partial charge in [0.15, 0.2) is 6.10 Å². The molecule has 5 nitrogen and oxygen atoms in total. The maximum Gasteiger partial charge on any atom is 0.347 e. The van der Waals surface area contributed by atoms with Crippen LogP contribution in [-0.2, 0) is 22.4 Å². The normalized spacial score (nSPS) is 11.6. The van der Waals surface area contributed by atoms with Crippen molar-refractivity contribution in [2.24, 2.45) is 0 Å². The van der Waals surface area contributed by atoms with E-state index in [1.807, 2.05) is 18.2 Å². The molecule has 0 radical (unpaired) electrons. The lowest BCUT2D eigenvalue weighted by Crippen LogP contribution is -2.26.